The van der Waals surface area contributed by atoms with E-state index in [1.54, 1.807) is 19.9 Å². The monoisotopic (exact) mass is 314 g/mol. The number of carboxylic acids is 1. The summed E-state index contributed by atoms with van der Waals surface area (Å²) in [6.45, 7) is 7.90. The van der Waals surface area contributed by atoms with Crippen LogP contribution in [-0.4, -0.2) is 38.5 Å². The fraction of sp³-hybridized carbons (Fsp3) is 0.533. The summed E-state index contributed by atoms with van der Waals surface area (Å²) in [5.41, 5.74) is 1.12. The lowest BCUT2D eigenvalue weighted by Gasteiger charge is -2.12. The predicted octanol–water partition coefficient (Wildman–Crippen LogP) is 2.45. The first kappa shape index (κ1) is 17.7. The van der Waals surface area contributed by atoms with Crippen LogP contribution in [0.4, 0.5) is 0 Å². The van der Waals surface area contributed by atoms with Gasteiger partial charge in [-0.2, -0.15) is 0 Å². The zero-order chi connectivity index (χ0) is 16.2. The van der Waals surface area contributed by atoms with Crippen LogP contribution in [0.5, 0.6) is 0 Å². The van der Waals surface area contributed by atoms with Crippen molar-refractivity contribution in [1.82, 2.24) is 0 Å². The number of rotatable bonds is 7. The van der Waals surface area contributed by atoms with E-state index in [0.29, 0.717) is 23.7 Å². The molecule has 0 aliphatic heterocycles. The van der Waals surface area contributed by atoms with E-state index < -0.39 is 15.8 Å². The highest BCUT2D eigenvalue weighted by molar-refractivity contribution is 7.91. The first-order valence-electron chi connectivity index (χ1n) is 6.80. The second-order valence-corrected chi connectivity index (χ2v) is 7.60. The van der Waals surface area contributed by atoms with Gasteiger partial charge in [-0.15, -0.1) is 0 Å². The third-order valence-electron chi connectivity index (χ3n) is 3.03. The van der Waals surface area contributed by atoms with E-state index in [1.807, 2.05) is 13.8 Å². The quantitative estimate of drug-likeness (QED) is 0.782. The van der Waals surface area contributed by atoms with Crippen LogP contribution in [0, 0.1) is 19.8 Å². The standard InChI is InChI=1S/C15H22O5S/c1-10(2)9-20-5-6-21(18,19)14-8-13(15(16)17)11(3)7-12(14)4/h7-8,10H,5-6,9H2,1-4H3,(H,16,17). The lowest BCUT2D eigenvalue weighted by Crippen LogP contribution is -2.16. The molecule has 0 fully saturated rings. The van der Waals surface area contributed by atoms with Gasteiger partial charge in [-0.3, -0.25) is 0 Å². The summed E-state index contributed by atoms with van der Waals surface area (Å²) in [6.07, 6.45) is 0. The largest absolute Gasteiger partial charge is 0.478 e. The Morgan fingerprint density at radius 1 is 1.24 bits per heavy atom. The van der Waals surface area contributed by atoms with Gasteiger partial charge in [0.2, 0.25) is 0 Å². The molecule has 118 valence electrons. The number of ether oxygens (including phenoxy) is 1. The van der Waals surface area contributed by atoms with Crippen molar-refractivity contribution in [2.75, 3.05) is 19.0 Å². The first-order chi connectivity index (χ1) is 9.65. The molecule has 1 aromatic carbocycles. The van der Waals surface area contributed by atoms with E-state index in [1.165, 1.54) is 6.07 Å². The number of sulfone groups is 1. The summed E-state index contributed by atoms with van der Waals surface area (Å²) in [4.78, 5) is 11.2. The average molecular weight is 314 g/mol. The Balaban J connectivity index is 2.97. The van der Waals surface area contributed by atoms with Crippen LogP contribution in [-0.2, 0) is 14.6 Å². The average Bonchev–Trinajstić information content (AvgIpc) is 2.33. The fourth-order valence-electron chi connectivity index (χ4n) is 2.00. The van der Waals surface area contributed by atoms with Gasteiger partial charge in [-0.1, -0.05) is 19.9 Å². The molecule has 1 rings (SSSR count). The number of carbonyl (C=O) groups is 1. The van der Waals surface area contributed by atoms with Gasteiger partial charge in [0, 0.05) is 6.61 Å². The molecule has 0 spiro atoms. The topological polar surface area (TPSA) is 80.7 Å². The van der Waals surface area contributed by atoms with Gasteiger partial charge in [-0.05, 0) is 37.0 Å². The molecule has 0 radical (unpaired) electrons. The number of carboxylic acid groups (broad SMARTS) is 1. The van der Waals surface area contributed by atoms with E-state index in [-0.39, 0.29) is 22.8 Å². The fourth-order valence-corrected chi connectivity index (χ4v) is 3.40. The Hall–Kier alpha value is -1.40. The molecule has 0 unspecified atom stereocenters. The van der Waals surface area contributed by atoms with Crippen LogP contribution in [0.2, 0.25) is 0 Å². The normalized spacial score (nSPS) is 11.9. The molecule has 1 N–H and O–H groups in total. The van der Waals surface area contributed by atoms with Crippen LogP contribution in [0.3, 0.4) is 0 Å². The molecule has 0 bridgehead atoms. The molecule has 0 heterocycles. The smallest absolute Gasteiger partial charge is 0.335 e. The Morgan fingerprint density at radius 3 is 2.38 bits per heavy atom. The lowest BCUT2D eigenvalue weighted by atomic mass is 10.1. The summed E-state index contributed by atoms with van der Waals surface area (Å²) < 4.78 is 29.9. The molecule has 1 aromatic rings. The van der Waals surface area contributed by atoms with E-state index in [2.05, 4.69) is 0 Å². The first-order valence-corrected chi connectivity index (χ1v) is 8.45. The van der Waals surface area contributed by atoms with Crippen molar-refractivity contribution in [2.24, 2.45) is 5.92 Å². The SMILES string of the molecule is Cc1cc(C)c(S(=O)(=O)CCOCC(C)C)cc1C(=O)O. The Kier molecular flexibility index (Phi) is 5.92. The number of hydrogen-bond donors (Lipinski definition) is 1. The van der Waals surface area contributed by atoms with Gasteiger partial charge in [0.15, 0.2) is 9.84 Å². The third kappa shape index (κ3) is 4.82. The molecule has 6 heteroatoms. The van der Waals surface area contributed by atoms with Gasteiger partial charge in [0.1, 0.15) is 0 Å². The molecule has 0 atom stereocenters. The van der Waals surface area contributed by atoms with Gasteiger partial charge >= 0.3 is 5.97 Å². The van der Waals surface area contributed by atoms with E-state index >= 15 is 0 Å². The summed E-state index contributed by atoms with van der Waals surface area (Å²) in [6, 6.07) is 2.83. The van der Waals surface area contributed by atoms with Crippen LogP contribution in [0.1, 0.15) is 35.3 Å². The number of hydrogen-bond acceptors (Lipinski definition) is 4. The minimum absolute atomic E-state index is 0.0160. The molecule has 0 amide bonds. The van der Waals surface area contributed by atoms with Crippen molar-refractivity contribution in [3.63, 3.8) is 0 Å². The van der Waals surface area contributed by atoms with Gasteiger partial charge < -0.3 is 9.84 Å². The zero-order valence-corrected chi connectivity index (χ0v) is 13.7. The molecule has 5 nitrogen and oxygen atoms in total. The molecule has 0 aliphatic rings. The number of aromatic carboxylic acids is 1. The van der Waals surface area contributed by atoms with Crippen molar-refractivity contribution in [1.29, 1.82) is 0 Å². The third-order valence-corrected chi connectivity index (χ3v) is 4.85. The molecular formula is C15H22O5S. The van der Waals surface area contributed by atoms with Crippen molar-refractivity contribution in [3.8, 4) is 0 Å². The highest BCUT2D eigenvalue weighted by Gasteiger charge is 2.20. The van der Waals surface area contributed by atoms with E-state index in [9.17, 15) is 13.2 Å². The zero-order valence-electron chi connectivity index (χ0n) is 12.8. The minimum atomic E-state index is -3.55. The second-order valence-electron chi connectivity index (χ2n) is 5.53. The van der Waals surface area contributed by atoms with Gasteiger partial charge in [0.05, 0.1) is 22.8 Å². The molecule has 0 aromatic heterocycles. The molecule has 21 heavy (non-hydrogen) atoms. The van der Waals surface area contributed by atoms with Crippen molar-refractivity contribution in [3.05, 3.63) is 28.8 Å². The van der Waals surface area contributed by atoms with Crippen LogP contribution < -0.4 is 0 Å². The number of aryl methyl sites for hydroxylation is 2. The maximum atomic E-state index is 12.3. The van der Waals surface area contributed by atoms with Crippen molar-refractivity contribution < 1.29 is 23.1 Å². The highest BCUT2D eigenvalue weighted by atomic mass is 32.2. The second kappa shape index (κ2) is 7.04. The summed E-state index contributed by atoms with van der Waals surface area (Å²) >= 11 is 0. The predicted molar refractivity (Wildman–Crippen MR) is 80.6 cm³/mol. The summed E-state index contributed by atoms with van der Waals surface area (Å²) in [7, 11) is -3.55. The highest BCUT2D eigenvalue weighted by Crippen LogP contribution is 2.22. The molecule has 0 aliphatic carbocycles. The number of benzene rings is 1. The van der Waals surface area contributed by atoms with E-state index in [0.717, 1.165) is 0 Å². The van der Waals surface area contributed by atoms with Crippen LogP contribution >= 0.6 is 0 Å². The Bertz CT molecular complexity index is 617. The van der Waals surface area contributed by atoms with Crippen molar-refractivity contribution >= 4 is 15.8 Å². The molecule has 0 saturated heterocycles. The van der Waals surface area contributed by atoms with Crippen LogP contribution in [0.25, 0.3) is 0 Å². The Morgan fingerprint density at radius 2 is 1.86 bits per heavy atom. The molecular weight excluding hydrogens is 292 g/mol. The van der Waals surface area contributed by atoms with Crippen LogP contribution in [0.15, 0.2) is 17.0 Å². The van der Waals surface area contributed by atoms with Gasteiger partial charge in [-0.25, -0.2) is 13.2 Å². The maximum Gasteiger partial charge on any atom is 0.335 e. The minimum Gasteiger partial charge on any atom is -0.478 e. The lowest BCUT2D eigenvalue weighted by molar-refractivity contribution is 0.0696. The molecule has 0 saturated carbocycles. The van der Waals surface area contributed by atoms with Gasteiger partial charge in [0.25, 0.3) is 0 Å². The maximum absolute atomic E-state index is 12.3. The van der Waals surface area contributed by atoms with Crippen molar-refractivity contribution in [2.45, 2.75) is 32.6 Å². The summed E-state index contributed by atoms with van der Waals surface area (Å²) in [5, 5.41) is 9.10. The Labute approximate surface area is 125 Å². The van der Waals surface area contributed by atoms with E-state index in [4.69, 9.17) is 9.84 Å². The summed E-state index contributed by atoms with van der Waals surface area (Å²) in [5.74, 6) is -0.935.